The number of allylic oxidation sites excluding steroid dienone is 8. The SMILES string of the molecule is C=CC(C#CC(=C/CC(F)(F)F)/C=C(\C)C(F)(F)F)/C(=C\C(C#Cc1ccc(SC(C)=O)cc1)=C(/C)[N+](=O)[O-])[N+](=O)[O-]. The van der Waals surface area contributed by atoms with Crippen molar-refractivity contribution in [2.45, 2.75) is 44.4 Å². The highest BCUT2D eigenvalue weighted by Gasteiger charge is 2.30. The second kappa shape index (κ2) is 15.4. The largest absolute Gasteiger partial charge is 0.412 e. The number of carbonyl (C=O) groups is 1. The van der Waals surface area contributed by atoms with Crippen molar-refractivity contribution in [1.82, 2.24) is 0 Å². The molecule has 14 heteroatoms. The Morgan fingerprint density at radius 2 is 1.60 bits per heavy atom. The first kappa shape index (κ1) is 35.5. The van der Waals surface area contributed by atoms with Crippen molar-refractivity contribution in [3.05, 3.63) is 109 Å². The second-order valence-electron chi connectivity index (χ2n) is 8.24. The van der Waals surface area contributed by atoms with Gasteiger partial charge in [0.1, 0.15) is 11.5 Å². The van der Waals surface area contributed by atoms with Crippen molar-refractivity contribution in [2.75, 3.05) is 0 Å². The highest BCUT2D eigenvalue weighted by atomic mass is 32.2. The maximum atomic E-state index is 13.0. The smallest absolute Gasteiger partial charge is 0.287 e. The summed E-state index contributed by atoms with van der Waals surface area (Å²) in [5.41, 5.74) is -3.44. The van der Waals surface area contributed by atoms with Crippen molar-refractivity contribution in [2.24, 2.45) is 5.92 Å². The van der Waals surface area contributed by atoms with Gasteiger partial charge >= 0.3 is 12.4 Å². The lowest BCUT2D eigenvalue weighted by molar-refractivity contribution is -0.431. The summed E-state index contributed by atoms with van der Waals surface area (Å²) in [6, 6.07) is 6.16. The van der Waals surface area contributed by atoms with Crippen LogP contribution in [0.25, 0.3) is 0 Å². The van der Waals surface area contributed by atoms with Gasteiger partial charge in [-0.15, -0.1) is 6.58 Å². The van der Waals surface area contributed by atoms with E-state index in [0.717, 1.165) is 30.8 Å². The van der Waals surface area contributed by atoms with Crippen LogP contribution < -0.4 is 0 Å². The molecule has 0 amide bonds. The molecule has 7 nitrogen and oxygen atoms in total. The van der Waals surface area contributed by atoms with Crippen molar-refractivity contribution in [3.63, 3.8) is 0 Å². The molecule has 0 radical (unpaired) electrons. The number of thioether (sulfide) groups is 1. The third kappa shape index (κ3) is 12.7. The maximum absolute atomic E-state index is 13.0. The minimum Gasteiger partial charge on any atom is -0.287 e. The van der Waals surface area contributed by atoms with Crippen LogP contribution in [0.15, 0.2) is 88.2 Å². The van der Waals surface area contributed by atoms with E-state index in [1.165, 1.54) is 19.1 Å². The summed E-state index contributed by atoms with van der Waals surface area (Å²) >= 11 is 0.961. The number of alkyl halides is 6. The molecule has 0 saturated carbocycles. The number of hydrogen-bond donors (Lipinski definition) is 0. The number of nitro groups is 2. The van der Waals surface area contributed by atoms with E-state index in [1.54, 1.807) is 12.1 Å². The van der Waals surface area contributed by atoms with E-state index >= 15 is 0 Å². The third-order valence-electron chi connectivity index (χ3n) is 4.92. The van der Waals surface area contributed by atoms with Crippen LogP contribution in [0.4, 0.5) is 26.3 Å². The van der Waals surface area contributed by atoms with Crippen LogP contribution in [0, 0.1) is 49.8 Å². The Morgan fingerprint density at radius 3 is 2.05 bits per heavy atom. The van der Waals surface area contributed by atoms with Gasteiger partial charge in [0.15, 0.2) is 5.12 Å². The third-order valence-corrected chi connectivity index (χ3v) is 5.72. The van der Waals surface area contributed by atoms with Gasteiger partial charge in [0.05, 0.1) is 16.3 Å². The van der Waals surface area contributed by atoms with E-state index in [2.05, 4.69) is 30.3 Å². The Balaban J connectivity index is 3.67. The molecule has 0 spiro atoms. The summed E-state index contributed by atoms with van der Waals surface area (Å²) in [5, 5.41) is 23.1. The molecular weight excluding hydrogens is 590 g/mol. The lowest BCUT2D eigenvalue weighted by Gasteiger charge is -2.07. The number of nitrogens with zero attached hydrogens (tertiary/aromatic N) is 2. The Hall–Kier alpha value is -4.56. The van der Waals surface area contributed by atoms with Gasteiger partial charge < -0.3 is 0 Å². The van der Waals surface area contributed by atoms with E-state index in [4.69, 9.17) is 0 Å². The topological polar surface area (TPSA) is 103 Å². The zero-order valence-corrected chi connectivity index (χ0v) is 23.0. The number of hydrogen-bond acceptors (Lipinski definition) is 6. The molecule has 1 aromatic rings. The zero-order chi connectivity index (χ0) is 32.3. The standard InChI is InChI=1S/C28H22F6N2O5S/c1-5-23(10-7-22(14-15-27(29,30)31)16-18(2)28(32,33)34)26(36(40)41)17-24(19(3)35(38)39)11-6-21-8-12-25(13-9-21)42-20(4)37/h5,8-9,12-14,16-17,23H,1,15H2,2-4H3/b18-16+,22-14-,24-19+,26-17+. The van der Waals surface area contributed by atoms with Gasteiger partial charge in [-0.1, -0.05) is 47.6 Å². The summed E-state index contributed by atoms with van der Waals surface area (Å²) in [7, 11) is 0. The number of rotatable bonds is 8. The first-order valence-electron chi connectivity index (χ1n) is 11.5. The first-order chi connectivity index (χ1) is 19.3. The molecule has 0 aliphatic rings. The highest BCUT2D eigenvalue weighted by Crippen LogP contribution is 2.27. The fraction of sp³-hybridized carbons (Fsp3) is 0.250. The van der Waals surface area contributed by atoms with Crippen molar-refractivity contribution in [3.8, 4) is 23.7 Å². The summed E-state index contributed by atoms with van der Waals surface area (Å²) in [4.78, 5) is 33.3. The molecule has 0 bridgehead atoms. The molecule has 222 valence electrons. The molecule has 1 unspecified atom stereocenters. The van der Waals surface area contributed by atoms with E-state index in [0.29, 0.717) is 29.5 Å². The predicted octanol–water partition coefficient (Wildman–Crippen LogP) is 7.58. The van der Waals surface area contributed by atoms with E-state index in [9.17, 15) is 51.4 Å². The quantitative estimate of drug-likeness (QED) is 0.0570. The van der Waals surface area contributed by atoms with Crippen LogP contribution >= 0.6 is 11.8 Å². The molecule has 0 aromatic heterocycles. The fourth-order valence-corrected chi connectivity index (χ4v) is 3.35. The Kier molecular flexibility index (Phi) is 13.0. The zero-order valence-electron chi connectivity index (χ0n) is 22.2. The normalized spacial score (nSPS) is 14.0. The van der Waals surface area contributed by atoms with Gasteiger partial charge in [0, 0.05) is 41.5 Å². The minimum atomic E-state index is -4.87. The number of carbonyl (C=O) groups excluding carboxylic acids is 1. The van der Waals surface area contributed by atoms with Crippen LogP contribution in [0.1, 0.15) is 32.8 Å². The average Bonchev–Trinajstić information content (AvgIpc) is 2.87. The van der Waals surface area contributed by atoms with Gasteiger partial charge in [-0.25, -0.2) is 0 Å². The van der Waals surface area contributed by atoms with Gasteiger partial charge in [-0.05, 0) is 37.3 Å². The average molecular weight is 613 g/mol. The van der Waals surface area contributed by atoms with Gasteiger partial charge in [-0.3, -0.25) is 25.0 Å². The molecule has 42 heavy (non-hydrogen) atoms. The molecule has 1 atom stereocenters. The lowest BCUT2D eigenvalue weighted by Crippen LogP contribution is -2.10. The Morgan fingerprint density at radius 1 is 1.00 bits per heavy atom. The van der Waals surface area contributed by atoms with Crippen molar-refractivity contribution >= 4 is 16.9 Å². The Labute approximate surface area is 241 Å². The molecule has 0 aliphatic carbocycles. The summed E-state index contributed by atoms with van der Waals surface area (Å²) in [5.74, 6) is 7.81. The molecule has 0 heterocycles. The second-order valence-corrected chi connectivity index (χ2v) is 9.49. The molecule has 1 rings (SSSR count). The molecule has 0 N–H and O–H groups in total. The summed E-state index contributed by atoms with van der Waals surface area (Å²) in [6.07, 6.45) is -8.85. The van der Waals surface area contributed by atoms with E-state index < -0.39 is 62.7 Å². The number of benzene rings is 1. The maximum Gasteiger partial charge on any atom is 0.412 e. The van der Waals surface area contributed by atoms with E-state index in [1.807, 2.05) is 0 Å². The monoisotopic (exact) mass is 612 g/mol. The summed E-state index contributed by atoms with van der Waals surface area (Å²) in [6.45, 7) is 6.40. The van der Waals surface area contributed by atoms with Crippen LogP contribution in [0.2, 0.25) is 0 Å². The minimum absolute atomic E-state index is 0.160. The van der Waals surface area contributed by atoms with Gasteiger partial charge in [0.2, 0.25) is 0 Å². The van der Waals surface area contributed by atoms with Crippen LogP contribution in [-0.4, -0.2) is 27.3 Å². The summed E-state index contributed by atoms with van der Waals surface area (Å²) < 4.78 is 77.0. The highest BCUT2D eigenvalue weighted by molar-refractivity contribution is 8.13. The van der Waals surface area contributed by atoms with Gasteiger partial charge in [-0.2, -0.15) is 26.3 Å². The van der Waals surface area contributed by atoms with E-state index in [-0.39, 0.29) is 5.12 Å². The first-order valence-corrected chi connectivity index (χ1v) is 12.3. The number of halogens is 6. The van der Waals surface area contributed by atoms with Crippen molar-refractivity contribution < 1.29 is 41.0 Å². The predicted molar refractivity (Wildman–Crippen MR) is 145 cm³/mol. The molecule has 0 aliphatic heterocycles. The molecule has 0 fully saturated rings. The Bertz CT molecular complexity index is 1480. The van der Waals surface area contributed by atoms with Crippen LogP contribution in [0.3, 0.4) is 0 Å². The lowest BCUT2D eigenvalue weighted by atomic mass is 10.0. The van der Waals surface area contributed by atoms with Crippen molar-refractivity contribution in [1.29, 1.82) is 0 Å². The molecule has 0 saturated heterocycles. The molecule has 1 aromatic carbocycles. The molecular formula is C28H22F6N2O5S. The van der Waals surface area contributed by atoms with Gasteiger partial charge in [0.25, 0.3) is 11.4 Å². The fourth-order valence-electron chi connectivity index (χ4n) is 2.75. The van der Waals surface area contributed by atoms with Crippen LogP contribution in [-0.2, 0) is 4.79 Å². The van der Waals surface area contributed by atoms with Crippen LogP contribution in [0.5, 0.6) is 0 Å².